The number of piperidine rings is 1. The molecule has 1 aromatic rings. The van der Waals surface area contributed by atoms with E-state index in [0.717, 1.165) is 38.0 Å². The van der Waals surface area contributed by atoms with Crippen LogP contribution in [0.2, 0.25) is 0 Å². The van der Waals surface area contributed by atoms with E-state index in [1.807, 2.05) is 26.6 Å². The third-order valence-electron chi connectivity index (χ3n) is 4.91. The van der Waals surface area contributed by atoms with Gasteiger partial charge in [0.1, 0.15) is 0 Å². The third kappa shape index (κ3) is 3.93. The third-order valence-corrected chi connectivity index (χ3v) is 5.59. The number of carbonyl (C=O) groups is 2. The van der Waals surface area contributed by atoms with E-state index in [-0.39, 0.29) is 11.8 Å². The van der Waals surface area contributed by atoms with E-state index in [0.29, 0.717) is 25.7 Å². The van der Waals surface area contributed by atoms with E-state index in [9.17, 15) is 9.59 Å². The maximum absolute atomic E-state index is 12.5. The summed E-state index contributed by atoms with van der Waals surface area (Å²) in [5.41, 5.74) is 0.779. The summed E-state index contributed by atoms with van der Waals surface area (Å²) in [6.45, 7) is 6.51. The molecule has 1 aromatic heterocycles. The molecule has 0 bridgehead atoms. The van der Waals surface area contributed by atoms with E-state index < -0.39 is 0 Å². The SMILES string of the molecule is CC1CCCCN1C(=O)CN1CCN(C(=O)c2ccsc2)CC1. The first kappa shape index (κ1) is 16.5. The summed E-state index contributed by atoms with van der Waals surface area (Å²) in [7, 11) is 0. The monoisotopic (exact) mass is 335 g/mol. The Morgan fingerprint density at radius 1 is 1.17 bits per heavy atom. The Balaban J connectivity index is 1.47. The van der Waals surface area contributed by atoms with Crippen molar-refractivity contribution in [3.63, 3.8) is 0 Å². The smallest absolute Gasteiger partial charge is 0.254 e. The largest absolute Gasteiger partial charge is 0.339 e. The Morgan fingerprint density at radius 3 is 2.61 bits per heavy atom. The summed E-state index contributed by atoms with van der Waals surface area (Å²) in [4.78, 5) is 30.9. The van der Waals surface area contributed by atoms with Crippen molar-refractivity contribution in [2.45, 2.75) is 32.2 Å². The number of amides is 2. The predicted octanol–water partition coefficient (Wildman–Crippen LogP) is 1.91. The number of piperazine rings is 1. The van der Waals surface area contributed by atoms with Crippen LogP contribution in [-0.4, -0.2) is 71.8 Å². The average molecular weight is 335 g/mol. The van der Waals surface area contributed by atoms with E-state index in [2.05, 4.69) is 11.8 Å². The first-order valence-corrected chi connectivity index (χ1v) is 9.43. The summed E-state index contributed by atoms with van der Waals surface area (Å²) >= 11 is 1.55. The molecular weight excluding hydrogens is 310 g/mol. The average Bonchev–Trinajstić information content (AvgIpc) is 3.09. The van der Waals surface area contributed by atoms with E-state index >= 15 is 0 Å². The number of nitrogens with zero attached hydrogens (tertiary/aromatic N) is 3. The van der Waals surface area contributed by atoms with Crippen LogP contribution in [0.3, 0.4) is 0 Å². The first-order chi connectivity index (χ1) is 11.1. The van der Waals surface area contributed by atoms with E-state index in [1.165, 1.54) is 6.42 Å². The molecule has 23 heavy (non-hydrogen) atoms. The molecule has 0 aliphatic carbocycles. The Morgan fingerprint density at radius 2 is 1.96 bits per heavy atom. The van der Waals surface area contributed by atoms with Gasteiger partial charge in [-0.05, 0) is 37.6 Å². The maximum atomic E-state index is 12.5. The van der Waals surface area contributed by atoms with E-state index in [1.54, 1.807) is 11.3 Å². The van der Waals surface area contributed by atoms with Gasteiger partial charge in [-0.2, -0.15) is 11.3 Å². The van der Waals surface area contributed by atoms with E-state index in [4.69, 9.17) is 0 Å². The number of carbonyl (C=O) groups excluding carboxylic acids is 2. The van der Waals surface area contributed by atoms with Gasteiger partial charge in [0.15, 0.2) is 0 Å². The lowest BCUT2D eigenvalue weighted by molar-refractivity contribution is -0.136. The summed E-state index contributed by atoms with van der Waals surface area (Å²) in [5.74, 6) is 0.358. The molecule has 3 rings (SSSR count). The number of thiophene rings is 1. The zero-order chi connectivity index (χ0) is 16.2. The molecule has 2 fully saturated rings. The minimum atomic E-state index is 0.113. The molecule has 2 amide bonds. The Bertz CT molecular complexity index is 538. The molecule has 126 valence electrons. The predicted molar refractivity (Wildman–Crippen MR) is 91.7 cm³/mol. The van der Waals surface area contributed by atoms with Gasteiger partial charge in [-0.3, -0.25) is 14.5 Å². The van der Waals surface area contributed by atoms with Crippen molar-refractivity contribution in [1.29, 1.82) is 0 Å². The van der Waals surface area contributed by atoms with Gasteiger partial charge in [0.25, 0.3) is 5.91 Å². The fourth-order valence-corrected chi connectivity index (χ4v) is 4.06. The fourth-order valence-electron chi connectivity index (χ4n) is 3.43. The molecule has 1 unspecified atom stereocenters. The van der Waals surface area contributed by atoms with Crippen molar-refractivity contribution in [1.82, 2.24) is 14.7 Å². The van der Waals surface area contributed by atoms with Crippen molar-refractivity contribution in [3.8, 4) is 0 Å². The van der Waals surface area contributed by atoms with Gasteiger partial charge in [0.2, 0.25) is 5.91 Å². The topological polar surface area (TPSA) is 43.9 Å². The molecule has 0 aromatic carbocycles. The molecule has 1 atom stereocenters. The molecule has 3 heterocycles. The van der Waals surface area contributed by atoms with Crippen LogP contribution < -0.4 is 0 Å². The standard InChI is InChI=1S/C17H25N3O2S/c1-14-4-2-3-6-20(14)16(21)12-18-7-9-19(10-8-18)17(22)15-5-11-23-13-15/h5,11,13-14H,2-4,6-10,12H2,1H3. The molecule has 0 spiro atoms. The highest BCUT2D eigenvalue weighted by Gasteiger charge is 2.27. The van der Waals surface area contributed by atoms with Gasteiger partial charge in [-0.25, -0.2) is 0 Å². The molecule has 2 aliphatic rings. The summed E-state index contributed by atoms with van der Waals surface area (Å²) in [6, 6.07) is 2.25. The lowest BCUT2D eigenvalue weighted by Gasteiger charge is -2.38. The van der Waals surface area contributed by atoms with Crippen LogP contribution in [0.1, 0.15) is 36.5 Å². The quantitative estimate of drug-likeness (QED) is 0.847. The van der Waals surface area contributed by atoms with Gasteiger partial charge in [0, 0.05) is 44.1 Å². The summed E-state index contributed by atoms with van der Waals surface area (Å²) in [5, 5.41) is 3.83. The van der Waals surface area contributed by atoms with Crippen LogP contribution >= 0.6 is 11.3 Å². The van der Waals surface area contributed by atoms with Gasteiger partial charge in [-0.15, -0.1) is 0 Å². The molecule has 2 saturated heterocycles. The second kappa shape index (κ2) is 7.45. The summed E-state index contributed by atoms with van der Waals surface area (Å²) in [6.07, 6.45) is 3.47. The van der Waals surface area contributed by atoms with Crippen LogP contribution in [-0.2, 0) is 4.79 Å². The van der Waals surface area contributed by atoms with Gasteiger partial charge in [-0.1, -0.05) is 0 Å². The first-order valence-electron chi connectivity index (χ1n) is 8.48. The Kier molecular flexibility index (Phi) is 5.33. The number of hydrogen-bond acceptors (Lipinski definition) is 4. The maximum Gasteiger partial charge on any atom is 0.254 e. The molecule has 6 heteroatoms. The highest BCUT2D eigenvalue weighted by molar-refractivity contribution is 7.08. The minimum Gasteiger partial charge on any atom is -0.339 e. The van der Waals surface area contributed by atoms with Crippen molar-refractivity contribution in [2.24, 2.45) is 0 Å². The number of rotatable bonds is 3. The van der Waals surface area contributed by atoms with Gasteiger partial charge in [0.05, 0.1) is 12.1 Å². The second-order valence-corrected chi connectivity index (χ2v) is 7.29. The van der Waals surface area contributed by atoms with Crippen LogP contribution in [0, 0.1) is 0 Å². The highest BCUT2D eigenvalue weighted by Crippen LogP contribution is 2.17. The lowest BCUT2D eigenvalue weighted by Crippen LogP contribution is -2.53. The van der Waals surface area contributed by atoms with Crippen molar-refractivity contribution in [2.75, 3.05) is 39.3 Å². The van der Waals surface area contributed by atoms with Gasteiger partial charge < -0.3 is 9.80 Å². The van der Waals surface area contributed by atoms with Crippen molar-refractivity contribution in [3.05, 3.63) is 22.4 Å². The van der Waals surface area contributed by atoms with Crippen LogP contribution in [0.4, 0.5) is 0 Å². The second-order valence-electron chi connectivity index (χ2n) is 6.51. The van der Waals surface area contributed by atoms with Crippen LogP contribution in [0.5, 0.6) is 0 Å². The molecule has 5 nitrogen and oxygen atoms in total. The number of likely N-dealkylation sites (tertiary alicyclic amines) is 1. The summed E-state index contributed by atoms with van der Waals surface area (Å²) < 4.78 is 0. The zero-order valence-corrected chi connectivity index (χ0v) is 14.6. The fraction of sp³-hybridized carbons (Fsp3) is 0.647. The molecule has 0 saturated carbocycles. The van der Waals surface area contributed by atoms with Crippen LogP contribution in [0.25, 0.3) is 0 Å². The lowest BCUT2D eigenvalue weighted by atomic mass is 10.0. The van der Waals surface area contributed by atoms with Crippen molar-refractivity contribution >= 4 is 23.2 Å². The highest BCUT2D eigenvalue weighted by atomic mass is 32.1. The van der Waals surface area contributed by atoms with Crippen LogP contribution in [0.15, 0.2) is 16.8 Å². The molecule has 0 N–H and O–H groups in total. The minimum absolute atomic E-state index is 0.113. The molecule has 0 radical (unpaired) electrons. The normalized spacial score (nSPS) is 23.1. The Labute approximate surface area is 141 Å². The Hall–Kier alpha value is -1.40. The number of hydrogen-bond donors (Lipinski definition) is 0. The molecule has 2 aliphatic heterocycles. The van der Waals surface area contributed by atoms with Crippen molar-refractivity contribution < 1.29 is 9.59 Å². The zero-order valence-electron chi connectivity index (χ0n) is 13.7. The molecular formula is C17H25N3O2S. The van der Waals surface area contributed by atoms with Gasteiger partial charge >= 0.3 is 0 Å².